The fourth-order valence-electron chi connectivity index (χ4n) is 1.07. The van der Waals surface area contributed by atoms with Gasteiger partial charge in [-0.25, -0.2) is 0 Å². The van der Waals surface area contributed by atoms with Gasteiger partial charge in [-0.1, -0.05) is 17.7 Å². The highest BCUT2D eigenvalue weighted by Gasteiger charge is 2.13. The van der Waals surface area contributed by atoms with Gasteiger partial charge in [0.05, 0.1) is 32.6 Å². The van der Waals surface area contributed by atoms with Crippen molar-refractivity contribution in [1.29, 1.82) is 0 Å². The van der Waals surface area contributed by atoms with Crippen molar-refractivity contribution in [2.24, 2.45) is 0 Å². The number of rotatable bonds is 3. The Morgan fingerprint density at radius 2 is 2.29 bits per heavy atom. The number of hydrogen-bond donors (Lipinski definition) is 2. The third-order valence-corrected chi connectivity index (χ3v) is 3.74. The zero-order chi connectivity index (χ0) is 10.7. The zero-order valence-corrected chi connectivity index (χ0v) is 9.31. The summed E-state index contributed by atoms with van der Waals surface area (Å²) in [6.45, 7) is 1.57. The first-order valence-corrected chi connectivity index (χ1v) is 5.82. The van der Waals surface area contributed by atoms with Gasteiger partial charge in [-0.15, -0.1) is 0 Å². The minimum atomic E-state index is -1.34. The van der Waals surface area contributed by atoms with E-state index in [-0.39, 0.29) is 5.75 Å². The van der Waals surface area contributed by atoms with Crippen LogP contribution in [0.4, 0.5) is 5.69 Å². The lowest BCUT2D eigenvalue weighted by Crippen LogP contribution is -2.13. The van der Waals surface area contributed by atoms with Gasteiger partial charge in [-0.2, -0.15) is 0 Å². The smallest absolute Gasteiger partial charge is 0.0804 e. The molecule has 0 bridgehead atoms. The van der Waals surface area contributed by atoms with Crippen molar-refractivity contribution >= 4 is 28.1 Å². The fraction of sp³-hybridized carbons (Fsp3) is 0.333. The summed E-state index contributed by atoms with van der Waals surface area (Å²) in [5.41, 5.74) is 6.04. The van der Waals surface area contributed by atoms with E-state index in [2.05, 4.69) is 0 Å². The summed E-state index contributed by atoms with van der Waals surface area (Å²) < 4.78 is 11.7. The van der Waals surface area contributed by atoms with Gasteiger partial charge in [0, 0.05) is 5.69 Å². The Balaban J connectivity index is 3.00. The van der Waals surface area contributed by atoms with E-state index < -0.39 is 16.9 Å². The number of hydrogen-bond acceptors (Lipinski definition) is 3. The molecule has 0 saturated carbocycles. The summed E-state index contributed by atoms with van der Waals surface area (Å²) in [6.07, 6.45) is -0.633. The molecule has 0 radical (unpaired) electrons. The number of anilines is 1. The van der Waals surface area contributed by atoms with Crippen LogP contribution < -0.4 is 5.73 Å². The first-order chi connectivity index (χ1) is 6.52. The Morgan fingerprint density at radius 3 is 2.79 bits per heavy atom. The van der Waals surface area contributed by atoms with Crippen LogP contribution in [-0.4, -0.2) is 21.2 Å². The molecule has 2 unspecified atom stereocenters. The minimum absolute atomic E-state index is 0.147. The van der Waals surface area contributed by atoms with Gasteiger partial charge in [0.25, 0.3) is 0 Å². The van der Waals surface area contributed by atoms with Crippen molar-refractivity contribution < 1.29 is 9.32 Å². The summed E-state index contributed by atoms with van der Waals surface area (Å²) in [4.78, 5) is 0.412. The predicted octanol–water partition coefficient (Wildman–Crippen LogP) is 1.41. The van der Waals surface area contributed by atoms with E-state index in [1.54, 1.807) is 25.1 Å². The van der Waals surface area contributed by atoms with Gasteiger partial charge in [0.2, 0.25) is 0 Å². The molecule has 0 spiro atoms. The molecule has 0 amide bonds. The minimum Gasteiger partial charge on any atom is -0.398 e. The number of aliphatic hydroxyl groups excluding tert-OH is 1. The lowest BCUT2D eigenvalue weighted by molar-refractivity contribution is 0.219. The number of nitrogens with two attached hydrogens (primary N) is 1. The second kappa shape index (κ2) is 4.77. The van der Waals surface area contributed by atoms with E-state index in [4.69, 9.17) is 22.4 Å². The van der Waals surface area contributed by atoms with Crippen molar-refractivity contribution in [3.63, 3.8) is 0 Å². The van der Waals surface area contributed by atoms with E-state index in [0.29, 0.717) is 15.6 Å². The van der Waals surface area contributed by atoms with E-state index in [1.807, 2.05) is 0 Å². The average molecular weight is 234 g/mol. The van der Waals surface area contributed by atoms with Crippen LogP contribution in [0.15, 0.2) is 23.1 Å². The van der Waals surface area contributed by atoms with Crippen LogP contribution in [-0.2, 0) is 10.8 Å². The monoisotopic (exact) mass is 233 g/mol. The molecule has 0 aromatic heterocycles. The van der Waals surface area contributed by atoms with Crippen LogP contribution in [0.5, 0.6) is 0 Å². The molecule has 78 valence electrons. The molecular formula is C9H12ClNO2S. The molecule has 0 aliphatic carbocycles. The predicted molar refractivity (Wildman–Crippen MR) is 58.8 cm³/mol. The van der Waals surface area contributed by atoms with E-state index >= 15 is 0 Å². The third-order valence-electron chi connectivity index (χ3n) is 1.62. The van der Waals surface area contributed by atoms with Crippen LogP contribution in [0.3, 0.4) is 0 Å². The van der Waals surface area contributed by atoms with Crippen LogP contribution in [0, 0.1) is 0 Å². The van der Waals surface area contributed by atoms with E-state index in [1.165, 1.54) is 0 Å². The van der Waals surface area contributed by atoms with Gasteiger partial charge in [0.1, 0.15) is 0 Å². The molecule has 0 saturated heterocycles. The molecule has 0 aliphatic rings. The summed E-state index contributed by atoms with van der Waals surface area (Å²) >= 11 is 5.85. The maximum atomic E-state index is 11.7. The van der Waals surface area contributed by atoms with Crippen LogP contribution >= 0.6 is 11.6 Å². The quantitative estimate of drug-likeness (QED) is 0.776. The second-order valence-corrected chi connectivity index (χ2v) is 4.86. The number of nitrogen functional groups attached to an aromatic ring is 1. The summed E-state index contributed by atoms with van der Waals surface area (Å²) in [6, 6.07) is 4.97. The Bertz CT molecular complexity index is 334. The normalized spacial score (nSPS) is 15.1. The van der Waals surface area contributed by atoms with Crippen LogP contribution in [0.2, 0.25) is 5.02 Å². The van der Waals surface area contributed by atoms with Gasteiger partial charge in [0.15, 0.2) is 0 Å². The van der Waals surface area contributed by atoms with E-state index in [0.717, 1.165) is 0 Å². The topological polar surface area (TPSA) is 63.3 Å². The maximum Gasteiger partial charge on any atom is 0.0804 e. The Labute approximate surface area is 90.3 Å². The highest BCUT2D eigenvalue weighted by molar-refractivity contribution is 7.85. The molecule has 3 nitrogen and oxygen atoms in total. The first kappa shape index (κ1) is 11.5. The van der Waals surface area contributed by atoms with Gasteiger partial charge in [-0.3, -0.25) is 4.21 Å². The third kappa shape index (κ3) is 2.70. The molecule has 0 aliphatic heterocycles. The van der Waals surface area contributed by atoms with Crippen molar-refractivity contribution in [2.45, 2.75) is 17.9 Å². The van der Waals surface area contributed by atoms with Gasteiger partial charge in [-0.05, 0) is 19.1 Å². The SMILES string of the molecule is CC(O)CS(=O)c1c(N)cccc1Cl. The van der Waals surface area contributed by atoms with E-state index in [9.17, 15) is 4.21 Å². The van der Waals surface area contributed by atoms with Crippen LogP contribution in [0.25, 0.3) is 0 Å². The molecule has 1 aromatic carbocycles. The standard InChI is InChI=1S/C9H12ClNO2S/c1-6(12)5-14(13)9-7(10)3-2-4-8(9)11/h2-4,6,12H,5,11H2,1H3. The Morgan fingerprint density at radius 1 is 1.64 bits per heavy atom. The van der Waals surface area contributed by atoms with Crippen molar-refractivity contribution in [1.82, 2.24) is 0 Å². The Hall–Kier alpha value is -0.580. The molecule has 1 rings (SSSR count). The Kier molecular flexibility index (Phi) is 3.92. The molecule has 0 heterocycles. The van der Waals surface area contributed by atoms with Crippen molar-refractivity contribution in [2.75, 3.05) is 11.5 Å². The highest BCUT2D eigenvalue weighted by atomic mass is 35.5. The fourth-order valence-corrected chi connectivity index (χ4v) is 2.73. The molecule has 1 aromatic rings. The van der Waals surface area contributed by atoms with Gasteiger partial charge < -0.3 is 10.8 Å². The van der Waals surface area contributed by atoms with Crippen LogP contribution in [0.1, 0.15) is 6.92 Å². The summed E-state index contributed by atoms with van der Waals surface area (Å²) in [7, 11) is -1.34. The average Bonchev–Trinajstić information content (AvgIpc) is 2.01. The molecular weight excluding hydrogens is 222 g/mol. The second-order valence-electron chi connectivity index (χ2n) is 3.02. The van der Waals surface area contributed by atoms with Crippen molar-refractivity contribution in [3.8, 4) is 0 Å². The lowest BCUT2D eigenvalue weighted by atomic mass is 10.3. The molecule has 3 N–H and O–H groups in total. The highest BCUT2D eigenvalue weighted by Crippen LogP contribution is 2.25. The summed E-state index contributed by atoms with van der Waals surface area (Å²) in [5.74, 6) is 0.147. The zero-order valence-electron chi connectivity index (χ0n) is 7.74. The number of halogens is 1. The largest absolute Gasteiger partial charge is 0.398 e. The molecule has 5 heteroatoms. The van der Waals surface area contributed by atoms with Gasteiger partial charge >= 0.3 is 0 Å². The van der Waals surface area contributed by atoms with Crippen molar-refractivity contribution in [3.05, 3.63) is 23.2 Å². The number of benzene rings is 1. The first-order valence-electron chi connectivity index (χ1n) is 4.12. The maximum absolute atomic E-state index is 11.7. The molecule has 14 heavy (non-hydrogen) atoms. The number of aliphatic hydroxyl groups is 1. The summed E-state index contributed by atoms with van der Waals surface area (Å²) in [5, 5.41) is 9.47. The molecule has 0 fully saturated rings. The lowest BCUT2D eigenvalue weighted by Gasteiger charge is -2.08. The molecule has 2 atom stereocenters.